The molecule has 0 heterocycles. The van der Waals surface area contributed by atoms with Crippen molar-refractivity contribution in [3.63, 3.8) is 0 Å². The first-order valence-electron chi connectivity index (χ1n) is 10.2. The second kappa shape index (κ2) is 26.8. The molecular formula is C20H45NO2. The molecule has 0 bridgehead atoms. The monoisotopic (exact) mass is 331 g/mol. The van der Waals surface area contributed by atoms with E-state index in [1.807, 2.05) is 0 Å². The summed E-state index contributed by atoms with van der Waals surface area (Å²) >= 11 is 0. The fourth-order valence-electron chi connectivity index (χ4n) is 2.69. The minimum atomic E-state index is -0.125. The average molecular weight is 332 g/mol. The van der Waals surface area contributed by atoms with Crippen LogP contribution in [0.25, 0.3) is 0 Å². The van der Waals surface area contributed by atoms with Crippen LogP contribution in [-0.4, -0.2) is 30.0 Å². The molecule has 0 aliphatic rings. The average Bonchev–Trinajstić information content (AvgIpc) is 2.58. The second-order valence-electron chi connectivity index (χ2n) is 6.54. The van der Waals surface area contributed by atoms with E-state index in [0.29, 0.717) is 0 Å². The van der Waals surface area contributed by atoms with Crippen LogP contribution in [0.1, 0.15) is 110 Å². The Bertz CT molecular complexity index is 159. The van der Waals surface area contributed by atoms with Crippen molar-refractivity contribution in [2.45, 2.75) is 110 Å². The van der Waals surface area contributed by atoms with Crippen LogP contribution in [0, 0.1) is 0 Å². The van der Waals surface area contributed by atoms with E-state index in [2.05, 4.69) is 6.92 Å². The lowest BCUT2D eigenvalue weighted by Gasteiger charge is -2.03. The fourth-order valence-corrected chi connectivity index (χ4v) is 2.69. The Morgan fingerprint density at radius 3 is 0.957 bits per heavy atom. The Labute approximate surface area is 146 Å². The Hall–Kier alpha value is -0.120. The Morgan fingerprint density at radius 2 is 0.739 bits per heavy atom. The van der Waals surface area contributed by atoms with Crippen LogP contribution in [0.3, 0.4) is 0 Å². The maximum atomic E-state index is 7.62. The van der Waals surface area contributed by atoms with Gasteiger partial charge in [-0.05, 0) is 13.0 Å². The molecule has 0 fully saturated rings. The third kappa shape index (κ3) is 30.3. The molecule has 23 heavy (non-hydrogen) atoms. The lowest BCUT2D eigenvalue weighted by atomic mass is 10.0. The lowest BCUT2D eigenvalue weighted by molar-refractivity contribution is 0.186. The van der Waals surface area contributed by atoms with Gasteiger partial charge < -0.3 is 15.9 Å². The van der Waals surface area contributed by atoms with Gasteiger partial charge in [-0.2, -0.15) is 0 Å². The Morgan fingerprint density at radius 1 is 0.478 bits per heavy atom. The first-order chi connectivity index (χ1) is 11.3. The molecule has 0 aliphatic heterocycles. The van der Waals surface area contributed by atoms with Crippen molar-refractivity contribution >= 4 is 0 Å². The summed E-state index contributed by atoms with van der Waals surface area (Å²) in [6, 6.07) is 0. The van der Waals surface area contributed by atoms with Gasteiger partial charge in [-0.15, -0.1) is 0 Å². The molecule has 0 aromatic rings. The normalized spacial score (nSPS) is 10.4. The summed E-state index contributed by atoms with van der Waals surface area (Å²) in [6.45, 7) is 2.91. The predicted octanol–water partition coefficient (Wildman–Crippen LogP) is 5.18. The Kier molecular flexibility index (Phi) is 29.2. The highest BCUT2D eigenvalue weighted by Crippen LogP contribution is 2.13. The molecule has 0 saturated carbocycles. The zero-order valence-electron chi connectivity index (χ0n) is 15.9. The number of unbranched alkanes of at least 4 members (excludes halogenated alkanes) is 15. The summed E-state index contributed by atoms with van der Waals surface area (Å²) < 4.78 is 0. The van der Waals surface area contributed by atoms with E-state index in [0.717, 1.165) is 6.54 Å². The van der Waals surface area contributed by atoms with E-state index in [1.165, 1.54) is 103 Å². The van der Waals surface area contributed by atoms with Gasteiger partial charge in [0.15, 0.2) is 0 Å². The molecular weight excluding hydrogens is 286 g/mol. The standard InChI is InChI=1S/C18H39N.C2H6O2/c1-2-3-4-5-6-7-8-9-10-11-12-13-14-15-16-17-18-19;3-1-2-4/h2-19H2,1H3;3-4H,1-2H2. The number of aliphatic hydroxyl groups excluding tert-OH is 2. The molecule has 0 rings (SSSR count). The number of hydrogen-bond acceptors (Lipinski definition) is 3. The van der Waals surface area contributed by atoms with Gasteiger partial charge in [-0.3, -0.25) is 0 Å². The molecule has 3 heteroatoms. The van der Waals surface area contributed by atoms with E-state index < -0.39 is 0 Å². The van der Waals surface area contributed by atoms with Crippen molar-refractivity contribution in [2.75, 3.05) is 19.8 Å². The van der Waals surface area contributed by atoms with Crippen molar-refractivity contribution in [1.82, 2.24) is 0 Å². The summed E-state index contributed by atoms with van der Waals surface area (Å²) in [5.41, 5.74) is 5.48. The van der Waals surface area contributed by atoms with Crippen molar-refractivity contribution in [3.8, 4) is 0 Å². The Balaban J connectivity index is 0. The third-order valence-electron chi connectivity index (χ3n) is 4.16. The number of nitrogens with two attached hydrogens (primary N) is 1. The molecule has 0 atom stereocenters. The van der Waals surface area contributed by atoms with Crippen LogP contribution >= 0.6 is 0 Å². The highest BCUT2D eigenvalue weighted by Gasteiger charge is 1.94. The van der Waals surface area contributed by atoms with Crippen LogP contribution in [-0.2, 0) is 0 Å². The van der Waals surface area contributed by atoms with Crippen molar-refractivity contribution in [2.24, 2.45) is 5.73 Å². The lowest BCUT2D eigenvalue weighted by Crippen LogP contribution is -1.97. The summed E-state index contributed by atoms with van der Waals surface area (Å²) in [7, 11) is 0. The maximum Gasteiger partial charge on any atom is 0.0662 e. The van der Waals surface area contributed by atoms with E-state index in [1.54, 1.807) is 0 Å². The van der Waals surface area contributed by atoms with E-state index in [4.69, 9.17) is 15.9 Å². The minimum absolute atomic E-state index is 0.125. The number of hydrogen-bond donors (Lipinski definition) is 3. The first-order valence-corrected chi connectivity index (χ1v) is 10.2. The van der Waals surface area contributed by atoms with Gasteiger partial charge in [0.05, 0.1) is 13.2 Å². The SMILES string of the molecule is CCCCCCCCCCCCCCCCCCN.OCCO. The van der Waals surface area contributed by atoms with Gasteiger partial charge in [0, 0.05) is 0 Å². The predicted molar refractivity (Wildman–Crippen MR) is 103 cm³/mol. The largest absolute Gasteiger partial charge is 0.394 e. The molecule has 0 saturated heterocycles. The smallest absolute Gasteiger partial charge is 0.0662 e. The van der Waals surface area contributed by atoms with E-state index in [9.17, 15) is 0 Å². The van der Waals surface area contributed by atoms with E-state index in [-0.39, 0.29) is 13.2 Å². The number of rotatable bonds is 17. The van der Waals surface area contributed by atoms with Crippen LogP contribution in [0.15, 0.2) is 0 Å². The summed E-state index contributed by atoms with van der Waals surface area (Å²) in [4.78, 5) is 0. The summed E-state index contributed by atoms with van der Waals surface area (Å²) in [5.74, 6) is 0. The van der Waals surface area contributed by atoms with Crippen LogP contribution in [0.4, 0.5) is 0 Å². The molecule has 0 unspecified atom stereocenters. The van der Waals surface area contributed by atoms with Gasteiger partial charge in [0.1, 0.15) is 0 Å². The molecule has 0 radical (unpaired) electrons. The molecule has 4 N–H and O–H groups in total. The number of aliphatic hydroxyl groups is 2. The zero-order chi connectivity index (χ0) is 17.4. The molecule has 0 aromatic heterocycles. The molecule has 0 aliphatic carbocycles. The third-order valence-corrected chi connectivity index (χ3v) is 4.16. The van der Waals surface area contributed by atoms with Crippen molar-refractivity contribution < 1.29 is 10.2 Å². The second-order valence-corrected chi connectivity index (χ2v) is 6.54. The van der Waals surface area contributed by atoms with Gasteiger partial charge in [0.2, 0.25) is 0 Å². The molecule has 0 aromatic carbocycles. The summed E-state index contributed by atoms with van der Waals surface area (Å²) in [5, 5.41) is 15.2. The highest BCUT2D eigenvalue weighted by atomic mass is 16.3. The zero-order valence-corrected chi connectivity index (χ0v) is 15.9. The van der Waals surface area contributed by atoms with Gasteiger partial charge >= 0.3 is 0 Å². The summed E-state index contributed by atoms with van der Waals surface area (Å²) in [6.07, 6.45) is 22.9. The minimum Gasteiger partial charge on any atom is -0.394 e. The molecule has 0 amide bonds. The van der Waals surface area contributed by atoms with Gasteiger partial charge in [0.25, 0.3) is 0 Å². The molecule has 0 spiro atoms. The highest BCUT2D eigenvalue weighted by molar-refractivity contribution is 4.49. The first kappa shape index (κ1) is 25.1. The van der Waals surface area contributed by atoms with Crippen molar-refractivity contribution in [1.29, 1.82) is 0 Å². The molecule has 142 valence electrons. The molecule has 3 nitrogen and oxygen atoms in total. The van der Waals surface area contributed by atoms with Crippen LogP contribution in [0.2, 0.25) is 0 Å². The van der Waals surface area contributed by atoms with Crippen LogP contribution < -0.4 is 5.73 Å². The quantitative estimate of drug-likeness (QED) is 0.322. The topological polar surface area (TPSA) is 66.5 Å². The van der Waals surface area contributed by atoms with Gasteiger partial charge in [-0.25, -0.2) is 0 Å². The van der Waals surface area contributed by atoms with Crippen LogP contribution in [0.5, 0.6) is 0 Å². The fraction of sp³-hybridized carbons (Fsp3) is 1.00. The van der Waals surface area contributed by atoms with Gasteiger partial charge in [-0.1, -0.05) is 103 Å². The van der Waals surface area contributed by atoms with E-state index >= 15 is 0 Å². The van der Waals surface area contributed by atoms with Crippen molar-refractivity contribution in [3.05, 3.63) is 0 Å². The maximum absolute atomic E-state index is 7.62.